The van der Waals surface area contributed by atoms with E-state index in [-0.39, 0.29) is 12.1 Å². The predicted molar refractivity (Wildman–Crippen MR) is 134 cm³/mol. The highest BCUT2D eigenvalue weighted by molar-refractivity contribution is 7.89. The number of hydrogen-bond donors (Lipinski definition) is 3. The zero-order chi connectivity index (χ0) is 25.0. The van der Waals surface area contributed by atoms with Gasteiger partial charge in [0.15, 0.2) is 5.13 Å². The van der Waals surface area contributed by atoms with E-state index in [0.717, 1.165) is 32.6 Å². The van der Waals surface area contributed by atoms with Gasteiger partial charge in [-0.05, 0) is 35.4 Å². The van der Waals surface area contributed by atoms with Crippen LogP contribution in [0.1, 0.15) is 16.1 Å². The molecule has 0 fully saturated rings. The molecule has 3 aromatic heterocycles. The van der Waals surface area contributed by atoms with Crippen molar-refractivity contribution in [1.82, 2.24) is 19.3 Å². The van der Waals surface area contributed by atoms with E-state index < -0.39 is 21.8 Å². The second kappa shape index (κ2) is 10.2. The van der Waals surface area contributed by atoms with E-state index in [1.54, 1.807) is 6.20 Å². The van der Waals surface area contributed by atoms with Crippen molar-refractivity contribution in [3.63, 3.8) is 0 Å². The molecule has 10 nitrogen and oxygen atoms in total. The van der Waals surface area contributed by atoms with Gasteiger partial charge in [-0.1, -0.05) is 18.2 Å². The minimum absolute atomic E-state index is 0.132. The van der Waals surface area contributed by atoms with Crippen LogP contribution in [0.15, 0.2) is 66.4 Å². The molecule has 0 atom stereocenters. The second-order valence-electron chi connectivity index (χ2n) is 7.58. The molecule has 1 aromatic carbocycles. The monoisotopic (exact) mass is 510 g/mol. The Morgan fingerprint density at radius 1 is 1.11 bits per heavy atom. The third-order valence-corrected chi connectivity index (χ3v) is 6.74. The van der Waals surface area contributed by atoms with Crippen LogP contribution < -0.4 is 16.4 Å². The Morgan fingerprint density at radius 2 is 1.89 bits per heavy atom. The van der Waals surface area contributed by atoms with E-state index in [0.29, 0.717) is 17.4 Å². The fourth-order valence-corrected chi connectivity index (χ4v) is 4.56. The van der Waals surface area contributed by atoms with Crippen LogP contribution in [0.5, 0.6) is 0 Å². The molecule has 0 bridgehead atoms. The number of pyridine rings is 1. The number of amides is 2. The number of carbonyl (C=O) groups is 2. The summed E-state index contributed by atoms with van der Waals surface area (Å²) in [6.45, 7) is 0.0648. The molecular formula is C23H22N6O4S2. The van der Waals surface area contributed by atoms with Crippen LogP contribution in [0, 0.1) is 0 Å². The Hall–Kier alpha value is -3.87. The Kier molecular flexibility index (Phi) is 7.05. The minimum Gasteiger partial charge on any atom is -0.343 e. The number of nitrogens with two attached hydrogens (primary N) is 1. The highest BCUT2D eigenvalue weighted by Crippen LogP contribution is 2.29. The van der Waals surface area contributed by atoms with Crippen molar-refractivity contribution in [2.24, 2.45) is 5.73 Å². The lowest BCUT2D eigenvalue weighted by Gasteiger charge is -2.06. The van der Waals surface area contributed by atoms with Crippen LogP contribution in [0.2, 0.25) is 0 Å². The van der Waals surface area contributed by atoms with Crippen LogP contribution in [-0.4, -0.2) is 47.0 Å². The molecule has 35 heavy (non-hydrogen) atoms. The van der Waals surface area contributed by atoms with Gasteiger partial charge in [0, 0.05) is 36.1 Å². The largest absolute Gasteiger partial charge is 0.343 e. The predicted octanol–water partition coefficient (Wildman–Crippen LogP) is 2.31. The molecule has 180 valence electrons. The van der Waals surface area contributed by atoms with E-state index in [1.807, 2.05) is 41.8 Å². The lowest BCUT2D eigenvalue weighted by atomic mass is 10.0. The maximum absolute atomic E-state index is 12.3. The van der Waals surface area contributed by atoms with Gasteiger partial charge in [-0.15, -0.1) is 11.3 Å². The molecule has 2 amide bonds. The van der Waals surface area contributed by atoms with Gasteiger partial charge in [-0.2, -0.15) is 0 Å². The number of anilines is 1. The summed E-state index contributed by atoms with van der Waals surface area (Å²) in [5.74, 6) is -1.02. The first kappa shape index (κ1) is 24.3. The van der Waals surface area contributed by atoms with Crippen molar-refractivity contribution >= 4 is 38.3 Å². The Labute approximate surface area is 205 Å². The number of thiazole rings is 1. The summed E-state index contributed by atoms with van der Waals surface area (Å²) in [5.41, 5.74) is 10.2. The molecule has 0 aliphatic rings. The van der Waals surface area contributed by atoms with E-state index in [1.165, 1.54) is 29.8 Å². The molecule has 4 N–H and O–H groups in total. The van der Waals surface area contributed by atoms with E-state index in [4.69, 9.17) is 5.73 Å². The number of rotatable bonds is 8. The normalized spacial score (nSPS) is 11.3. The van der Waals surface area contributed by atoms with Crippen molar-refractivity contribution in [2.45, 2.75) is 6.54 Å². The standard InChI is InChI=1S/C23H22N6O4S2/c1-35(32,33)29-8-6-18(13-29)22(31)26-12-21(30)28-23-27-20(14-34-23)17-4-2-3-15(9-17)16-5-7-25-19(10-16)11-24/h2-10,13-14H,11-12,24H2,1H3,(H,26,31)(H,27,28,30). The maximum Gasteiger partial charge on any atom is 0.253 e. The van der Waals surface area contributed by atoms with Crippen molar-refractivity contribution < 1.29 is 18.0 Å². The number of carbonyl (C=O) groups excluding carboxylic acids is 2. The zero-order valence-corrected chi connectivity index (χ0v) is 20.3. The molecule has 0 aliphatic heterocycles. The summed E-state index contributed by atoms with van der Waals surface area (Å²) in [7, 11) is -3.49. The van der Waals surface area contributed by atoms with Crippen LogP contribution in [0.25, 0.3) is 22.4 Å². The summed E-state index contributed by atoms with van der Waals surface area (Å²) in [5, 5.41) is 7.34. The van der Waals surface area contributed by atoms with E-state index in [2.05, 4.69) is 20.6 Å². The molecule has 0 unspecified atom stereocenters. The first-order valence-corrected chi connectivity index (χ1v) is 13.1. The third-order valence-electron chi connectivity index (χ3n) is 4.99. The van der Waals surface area contributed by atoms with Gasteiger partial charge < -0.3 is 16.4 Å². The van der Waals surface area contributed by atoms with Crippen molar-refractivity contribution in [2.75, 3.05) is 18.1 Å². The Morgan fingerprint density at radius 3 is 2.63 bits per heavy atom. The van der Waals surface area contributed by atoms with E-state index in [9.17, 15) is 18.0 Å². The molecule has 4 aromatic rings. The molecule has 0 saturated carbocycles. The average Bonchev–Trinajstić information content (AvgIpc) is 3.53. The van der Waals surface area contributed by atoms with Gasteiger partial charge in [0.2, 0.25) is 15.9 Å². The lowest BCUT2D eigenvalue weighted by molar-refractivity contribution is -0.115. The summed E-state index contributed by atoms with van der Waals surface area (Å²) in [4.78, 5) is 33.2. The molecule has 0 aliphatic carbocycles. The third kappa shape index (κ3) is 5.98. The second-order valence-corrected chi connectivity index (χ2v) is 10.3. The first-order valence-electron chi connectivity index (χ1n) is 10.4. The smallest absolute Gasteiger partial charge is 0.253 e. The molecule has 4 rings (SSSR count). The Bertz CT molecular complexity index is 1490. The molecule has 0 radical (unpaired) electrons. The van der Waals surface area contributed by atoms with Crippen molar-refractivity contribution in [1.29, 1.82) is 0 Å². The van der Waals surface area contributed by atoms with Gasteiger partial charge in [0.05, 0.1) is 29.8 Å². The molecular weight excluding hydrogens is 488 g/mol. The van der Waals surface area contributed by atoms with Gasteiger partial charge in [0.25, 0.3) is 5.91 Å². The number of hydrogen-bond acceptors (Lipinski definition) is 8. The average molecular weight is 511 g/mol. The summed E-state index contributed by atoms with van der Waals surface area (Å²) >= 11 is 1.26. The van der Waals surface area contributed by atoms with Crippen LogP contribution in [0.3, 0.4) is 0 Å². The summed E-state index contributed by atoms with van der Waals surface area (Å²) in [6, 6.07) is 13.1. The molecule has 0 spiro atoms. The van der Waals surface area contributed by atoms with Crippen LogP contribution in [-0.2, 0) is 21.4 Å². The topological polar surface area (TPSA) is 149 Å². The number of nitrogens with zero attached hydrogens (tertiary/aromatic N) is 3. The lowest BCUT2D eigenvalue weighted by Crippen LogP contribution is -2.32. The fraction of sp³-hybridized carbons (Fsp3) is 0.130. The quantitative estimate of drug-likeness (QED) is 0.329. The maximum atomic E-state index is 12.3. The first-order chi connectivity index (χ1) is 16.7. The van der Waals surface area contributed by atoms with Gasteiger partial charge >= 0.3 is 0 Å². The van der Waals surface area contributed by atoms with Crippen LogP contribution in [0.4, 0.5) is 5.13 Å². The van der Waals surface area contributed by atoms with Crippen molar-refractivity contribution in [3.8, 4) is 22.4 Å². The summed E-state index contributed by atoms with van der Waals surface area (Å²) < 4.78 is 24.0. The van der Waals surface area contributed by atoms with Gasteiger partial charge in [-0.25, -0.2) is 13.4 Å². The molecule has 0 saturated heterocycles. The highest BCUT2D eigenvalue weighted by atomic mass is 32.2. The Balaban J connectivity index is 1.38. The molecule has 3 heterocycles. The summed E-state index contributed by atoms with van der Waals surface area (Å²) in [6.07, 6.45) is 5.20. The number of benzene rings is 1. The van der Waals surface area contributed by atoms with E-state index >= 15 is 0 Å². The van der Waals surface area contributed by atoms with Crippen molar-refractivity contribution in [3.05, 3.63) is 77.7 Å². The van der Waals surface area contributed by atoms with Gasteiger partial charge in [0.1, 0.15) is 0 Å². The SMILES string of the molecule is CS(=O)(=O)n1ccc(C(=O)NCC(=O)Nc2nc(-c3cccc(-c4ccnc(CN)c4)c3)cs2)c1. The minimum atomic E-state index is -3.49. The van der Waals surface area contributed by atoms with Gasteiger partial charge in [-0.3, -0.25) is 18.5 Å². The molecule has 12 heteroatoms. The number of nitrogens with one attached hydrogen (secondary N) is 2. The zero-order valence-electron chi connectivity index (χ0n) is 18.6. The highest BCUT2D eigenvalue weighted by Gasteiger charge is 2.14. The van der Waals surface area contributed by atoms with Crippen LogP contribution >= 0.6 is 11.3 Å². The number of aromatic nitrogens is 3. The fourth-order valence-electron chi connectivity index (χ4n) is 3.23.